The fraction of sp³-hybridized carbons (Fsp3) is 0.333. The minimum absolute atomic E-state index is 0.192. The second kappa shape index (κ2) is 9.02. The maximum atomic E-state index is 13.3. The molecule has 0 atom stereocenters. The molecule has 0 bridgehead atoms. The SMILES string of the molecule is Cc1csc(NC(=O)CN(CCC(C)C)S(=O)(=O)c2ccc3ccccc3c2)n1. The number of fused-ring (bicyclic) bond motifs is 1. The van der Waals surface area contributed by atoms with E-state index >= 15 is 0 Å². The molecular formula is C21H25N3O3S2. The van der Waals surface area contributed by atoms with Gasteiger partial charge < -0.3 is 5.32 Å². The van der Waals surface area contributed by atoms with Crippen molar-refractivity contribution in [2.75, 3.05) is 18.4 Å². The van der Waals surface area contributed by atoms with Crippen LogP contribution in [0.4, 0.5) is 5.13 Å². The lowest BCUT2D eigenvalue weighted by molar-refractivity contribution is -0.116. The Labute approximate surface area is 175 Å². The largest absolute Gasteiger partial charge is 0.301 e. The molecular weight excluding hydrogens is 406 g/mol. The number of hydrogen-bond donors (Lipinski definition) is 1. The number of carbonyl (C=O) groups excluding carboxylic acids is 1. The molecule has 3 rings (SSSR count). The predicted octanol–water partition coefficient (Wildman–Crippen LogP) is 4.28. The average molecular weight is 432 g/mol. The molecule has 0 aliphatic rings. The van der Waals surface area contributed by atoms with Crippen LogP contribution >= 0.6 is 11.3 Å². The van der Waals surface area contributed by atoms with Crippen LogP contribution in [0.3, 0.4) is 0 Å². The smallest absolute Gasteiger partial charge is 0.243 e. The molecule has 1 N–H and O–H groups in total. The van der Waals surface area contributed by atoms with Crippen molar-refractivity contribution in [1.29, 1.82) is 0 Å². The quantitative estimate of drug-likeness (QED) is 0.577. The van der Waals surface area contributed by atoms with Gasteiger partial charge in [0.1, 0.15) is 0 Å². The Kier molecular flexibility index (Phi) is 6.66. The summed E-state index contributed by atoms with van der Waals surface area (Å²) in [6, 6.07) is 12.7. The Bertz CT molecular complexity index is 1110. The van der Waals surface area contributed by atoms with Crippen molar-refractivity contribution >= 4 is 43.2 Å². The van der Waals surface area contributed by atoms with Crippen LogP contribution in [0.15, 0.2) is 52.7 Å². The van der Waals surface area contributed by atoms with Gasteiger partial charge in [0.15, 0.2) is 5.13 Å². The van der Waals surface area contributed by atoms with Crippen LogP contribution in [0.25, 0.3) is 10.8 Å². The molecule has 6 nitrogen and oxygen atoms in total. The topological polar surface area (TPSA) is 79.4 Å². The van der Waals surface area contributed by atoms with Crippen LogP contribution in [0.5, 0.6) is 0 Å². The molecule has 0 spiro atoms. The maximum absolute atomic E-state index is 13.3. The Morgan fingerprint density at radius 2 is 1.90 bits per heavy atom. The van der Waals surface area contributed by atoms with E-state index in [-0.39, 0.29) is 18.0 Å². The summed E-state index contributed by atoms with van der Waals surface area (Å²) >= 11 is 1.32. The summed E-state index contributed by atoms with van der Waals surface area (Å²) in [4.78, 5) is 16.9. The number of anilines is 1. The van der Waals surface area contributed by atoms with E-state index in [1.54, 1.807) is 18.2 Å². The maximum Gasteiger partial charge on any atom is 0.243 e. The second-order valence-electron chi connectivity index (χ2n) is 7.37. The van der Waals surface area contributed by atoms with Crippen molar-refractivity contribution in [1.82, 2.24) is 9.29 Å². The lowest BCUT2D eigenvalue weighted by Crippen LogP contribution is -2.39. The number of thiazole rings is 1. The summed E-state index contributed by atoms with van der Waals surface area (Å²) in [5.74, 6) is -0.0820. The minimum Gasteiger partial charge on any atom is -0.301 e. The first kappa shape index (κ1) is 21.4. The first-order valence-electron chi connectivity index (χ1n) is 9.46. The molecule has 0 fully saturated rings. The van der Waals surface area contributed by atoms with Crippen LogP contribution in [-0.4, -0.2) is 36.7 Å². The molecule has 1 aromatic heterocycles. The number of nitrogens with zero attached hydrogens (tertiary/aromatic N) is 2. The Morgan fingerprint density at radius 3 is 2.55 bits per heavy atom. The van der Waals surface area contributed by atoms with Crippen LogP contribution in [0, 0.1) is 12.8 Å². The first-order chi connectivity index (χ1) is 13.8. The number of benzene rings is 2. The van der Waals surface area contributed by atoms with Gasteiger partial charge in [0, 0.05) is 11.9 Å². The van der Waals surface area contributed by atoms with E-state index in [1.807, 2.05) is 50.4 Å². The predicted molar refractivity (Wildman–Crippen MR) is 118 cm³/mol. The third-order valence-electron chi connectivity index (χ3n) is 4.50. The summed E-state index contributed by atoms with van der Waals surface area (Å²) < 4.78 is 27.9. The fourth-order valence-electron chi connectivity index (χ4n) is 2.89. The van der Waals surface area contributed by atoms with Crippen LogP contribution in [-0.2, 0) is 14.8 Å². The second-order valence-corrected chi connectivity index (χ2v) is 10.2. The zero-order chi connectivity index (χ0) is 21.0. The minimum atomic E-state index is -3.81. The molecule has 8 heteroatoms. The van der Waals surface area contributed by atoms with Gasteiger partial charge in [0.25, 0.3) is 0 Å². The summed E-state index contributed by atoms with van der Waals surface area (Å²) in [6.45, 7) is 5.92. The van der Waals surface area contributed by atoms with Crippen LogP contribution in [0.2, 0.25) is 0 Å². The normalized spacial score (nSPS) is 12.0. The van der Waals surface area contributed by atoms with Gasteiger partial charge in [-0.1, -0.05) is 44.2 Å². The van der Waals surface area contributed by atoms with Crippen molar-refractivity contribution in [2.24, 2.45) is 5.92 Å². The molecule has 0 aliphatic carbocycles. The number of hydrogen-bond acceptors (Lipinski definition) is 5. The van der Waals surface area contributed by atoms with Gasteiger partial charge in [-0.25, -0.2) is 13.4 Å². The summed E-state index contributed by atoms with van der Waals surface area (Å²) in [7, 11) is -3.81. The highest BCUT2D eigenvalue weighted by atomic mass is 32.2. The fourth-order valence-corrected chi connectivity index (χ4v) is 5.05. The first-order valence-corrected chi connectivity index (χ1v) is 11.8. The molecule has 2 aromatic carbocycles. The molecule has 0 aliphatic heterocycles. The van der Waals surface area contributed by atoms with Gasteiger partial charge in [-0.05, 0) is 42.2 Å². The number of rotatable bonds is 8. The van der Waals surface area contributed by atoms with Crippen molar-refractivity contribution in [2.45, 2.75) is 32.1 Å². The van der Waals surface area contributed by atoms with E-state index in [1.165, 1.54) is 15.6 Å². The van der Waals surface area contributed by atoms with Crippen molar-refractivity contribution < 1.29 is 13.2 Å². The molecule has 154 valence electrons. The Balaban J connectivity index is 1.85. The number of nitrogens with one attached hydrogen (secondary N) is 1. The number of aromatic nitrogens is 1. The highest BCUT2D eigenvalue weighted by molar-refractivity contribution is 7.89. The lowest BCUT2D eigenvalue weighted by atomic mass is 10.1. The van der Waals surface area contributed by atoms with Crippen LogP contribution < -0.4 is 5.32 Å². The van der Waals surface area contributed by atoms with E-state index in [0.29, 0.717) is 17.5 Å². The highest BCUT2D eigenvalue weighted by Crippen LogP contribution is 2.23. The third-order valence-corrected chi connectivity index (χ3v) is 7.22. The van der Waals surface area contributed by atoms with Gasteiger partial charge >= 0.3 is 0 Å². The summed E-state index contributed by atoms with van der Waals surface area (Å²) in [5.41, 5.74) is 0.811. The van der Waals surface area contributed by atoms with Crippen LogP contribution in [0.1, 0.15) is 26.0 Å². The average Bonchev–Trinajstić information content (AvgIpc) is 3.08. The van der Waals surface area contributed by atoms with E-state index in [2.05, 4.69) is 10.3 Å². The van der Waals surface area contributed by atoms with Crippen molar-refractivity contribution in [3.63, 3.8) is 0 Å². The number of carbonyl (C=O) groups is 1. The van der Waals surface area contributed by atoms with Gasteiger partial charge in [-0.2, -0.15) is 4.31 Å². The van der Waals surface area contributed by atoms with Crippen molar-refractivity contribution in [3.05, 3.63) is 53.5 Å². The van der Waals surface area contributed by atoms with E-state index in [4.69, 9.17) is 0 Å². The standard InChI is InChI=1S/C21H25N3O3S2/c1-15(2)10-11-24(13-20(25)23-21-22-16(3)14-28-21)29(26,27)19-9-8-17-6-4-5-7-18(17)12-19/h4-9,12,14-15H,10-11,13H2,1-3H3,(H,22,23,25). The van der Waals surface area contributed by atoms with E-state index < -0.39 is 15.9 Å². The third kappa shape index (κ3) is 5.41. The van der Waals surface area contributed by atoms with Gasteiger partial charge in [0.05, 0.1) is 17.1 Å². The summed E-state index contributed by atoms with van der Waals surface area (Å²) in [6.07, 6.45) is 0.663. The molecule has 29 heavy (non-hydrogen) atoms. The molecule has 3 aromatic rings. The molecule has 0 unspecified atom stereocenters. The molecule has 1 heterocycles. The van der Waals surface area contributed by atoms with Gasteiger partial charge in [-0.3, -0.25) is 4.79 Å². The Hall–Kier alpha value is -2.29. The van der Waals surface area contributed by atoms with E-state index in [0.717, 1.165) is 16.5 Å². The lowest BCUT2D eigenvalue weighted by Gasteiger charge is -2.22. The number of sulfonamides is 1. The summed E-state index contributed by atoms with van der Waals surface area (Å²) in [5, 5.41) is 6.82. The van der Waals surface area contributed by atoms with Gasteiger partial charge in [0.2, 0.25) is 15.9 Å². The molecule has 1 amide bonds. The molecule has 0 saturated carbocycles. The zero-order valence-electron chi connectivity index (χ0n) is 16.8. The highest BCUT2D eigenvalue weighted by Gasteiger charge is 2.27. The Morgan fingerprint density at radius 1 is 1.17 bits per heavy atom. The van der Waals surface area contributed by atoms with Crippen molar-refractivity contribution in [3.8, 4) is 0 Å². The van der Waals surface area contributed by atoms with Gasteiger partial charge in [-0.15, -0.1) is 11.3 Å². The monoisotopic (exact) mass is 431 g/mol. The number of aryl methyl sites for hydroxylation is 1. The molecule has 0 saturated heterocycles. The molecule has 0 radical (unpaired) electrons. The van der Waals surface area contributed by atoms with E-state index in [9.17, 15) is 13.2 Å². The zero-order valence-corrected chi connectivity index (χ0v) is 18.4. The number of amides is 1.